The number of hydrazine groups is 1. The van der Waals surface area contributed by atoms with Gasteiger partial charge in [-0.25, -0.2) is 0 Å². The van der Waals surface area contributed by atoms with Gasteiger partial charge in [-0.3, -0.25) is 11.3 Å². The van der Waals surface area contributed by atoms with Gasteiger partial charge >= 0.3 is 0 Å². The topological polar surface area (TPSA) is 38.0 Å². The average Bonchev–Trinajstić information content (AvgIpc) is 2.25. The number of nitrogens with one attached hydrogen (secondary N) is 1. The normalized spacial score (nSPS) is 12.4. The number of allylic oxidation sites excluding steroid dienone is 1. The first-order valence-electron chi connectivity index (χ1n) is 5.37. The van der Waals surface area contributed by atoms with E-state index in [9.17, 15) is 0 Å². The summed E-state index contributed by atoms with van der Waals surface area (Å²) in [6.45, 7) is 5.95. The Morgan fingerprint density at radius 2 is 2.07 bits per heavy atom. The van der Waals surface area contributed by atoms with Gasteiger partial charge in [0.2, 0.25) is 0 Å². The Morgan fingerprint density at radius 3 is 2.60 bits per heavy atom. The zero-order valence-corrected chi connectivity index (χ0v) is 9.37. The highest BCUT2D eigenvalue weighted by molar-refractivity contribution is 5.15. The first kappa shape index (κ1) is 12.0. The molecule has 2 nitrogen and oxygen atoms in total. The summed E-state index contributed by atoms with van der Waals surface area (Å²) in [6, 6.07) is 10.7. The molecule has 1 unspecified atom stereocenters. The largest absolute Gasteiger partial charge is 0.271 e. The Kier molecular flexibility index (Phi) is 5.08. The minimum Gasteiger partial charge on any atom is -0.271 e. The van der Waals surface area contributed by atoms with Crippen molar-refractivity contribution in [2.24, 2.45) is 5.84 Å². The van der Waals surface area contributed by atoms with Crippen molar-refractivity contribution in [3.63, 3.8) is 0 Å². The number of benzene rings is 1. The summed E-state index contributed by atoms with van der Waals surface area (Å²) in [5, 5.41) is 0. The van der Waals surface area contributed by atoms with E-state index in [0.717, 1.165) is 19.3 Å². The molecule has 0 fully saturated rings. The lowest BCUT2D eigenvalue weighted by Crippen LogP contribution is -2.36. The molecule has 0 aliphatic heterocycles. The number of hydrogen-bond donors (Lipinski definition) is 2. The third-order valence-corrected chi connectivity index (χ3v) is 2.48. The van der Waals surface area contributed by atoms with Crippen molar-refractivity contribution in [3.05, 3.63) is 48.0 Å². The first-order chi connectivity index (χ1) is 7.22. The van der Waals surface area contributed by atoms with Gasteiger partial charge in [0.15, 0.2) is 0 Å². The smallest absolute Gasteiger partial charge is 0.0253 e. The fourth-order valence-corrected chi connectivity index (χ4v) is 1.56. The van der Waals surface area contributed by atoms with Crippen LogP contribution in [-0.4, -0.2) is 6.04 Å². The molecule has 0 amide bonds. The maximum atomic E-state index is 5.53. The van der Waals surface area contributed by atoms with Crippen molar-refractivity contribution in [2.45, 2.75) is 32.2 Å². The van der Waals surface area contributed by atoms with E-state index in [1.165, 1.54) is 11.1 Å². The number of hydrogen-bond acceptors (Lipinski definition) is 2. The highest BCUT2D eigenvalue weighted by atomic mass is 15.2. The molecule has 0 spiro atoms. The molecule has 0 bridgehead atoms. The summed E-state index contributed by atoms with van der Waals surface area (Å²) >= 11 is 0. The Morgan fingerprint density at radius 1 is 1.40 bits per heavy atom. The zero-order valence-electron chi connectivity index (χ0n) is 9.37. The van der Waals surface area contributed by atoms with Crippen LogP contribution in [0.5, 0.6) is 0 Å². The molecular formula is C13H20N2. The van der Waals surface area contributed by atoms with Gasteiger partial charge in [-0.1, -0.05) is 35.9 Å². The summed E-state index contributed by atoms with van der Waals surface area (Å²) in [5.41, 5.74) is 5.40. The standard InChI is InChI=1S/C13H20N2/c1-11(2)8-9-13(15-14)10-12-6-4-3-5-7-12/h3-7,13,15H,1,8-10,14H2,2H3. The predicted molar refractivity (Wildman–Crippen MR) is 65.3 cm³/mol. The molecule has 15 heavy (non-hydrogen) atoms. The van der Waals surface area contributed by atoms with E-state index < -0.39 is 0 Å². The second kappa shape index (κ2) is 6.38. The Balaban J connectivity index is 2.43. The molecule has 2 heteroatoms. The molecule has 1 rings (SSSR count). The van der Waals surface area contributed by atoms with Crippen LogP contribution in [-0.2, 0) is 6.42 Å². The van der Waals surface area contributed by atoms with Gasteiger partial charge in [0, 0.05) is 6.04 Å². The van der Waals surface area contributed by atoms with Gasteiger partial charge in [0.1, 0.15) is 0 Å². The van der Waals surface area contributed by atoms with Crippen molar-refractivity contribution in [3.8, 4) is 0 Å². The van der Waals surface area contributed by atoms with Crippen molar-refractivity contribution in [2.75, 3.05) is 0 Å². The van der Waals surface area contributed by atoms with Gasteiger partial charge in [0.25, 0.3) is 0 Å². The lowest BCUT2D eigenvalue weighted by Gasteiger charge is -2.15. The molecular weight excluding hydrogens is 184 g/mol. The molecule has 1 aromatic carbocycles. The van der Waals surface area contributed by atoms with E-state index in [1.807, 2.05) is 6.07 Å². The minimum atomic E-state index is 0.337. The number of rotatable bonds is 6. The fraction of sp³-hybridized carbons (Fsp3) is 0.385. The van der Waals surface area contributed by atoms with E-state index in [1.54, 1.807) is 0 Å². The first-order valence-corrected chi connectivity index (χ1v) is 5.37. The molecule has 1 atom stereocenters. The maximum absolute atomic E-state index is 5.53. The van der Waals surface area contributed by atoms with Crippen molar-refractivity contribution in [1.82, 2.24) is 5.43 Å². The van der Waals surface area contributed by atoms with Crippen LogP contribution in [0.15, 0.2) is 42.5 Å². The Labute approximate surface area is 92.2 Å². The third kappa shape index (κ3) is 4.77. The van der Waals surface area contributed by atoms with Crippen LogP contribution < -0.4 is 11.3 Å². The highest BCUT2D eigenvalue weighted by Gasteiger charge is 2.06. The van der Waals surface area contributed by atoms with Crippen LogP contribution in [0.4, 0.5) is 0 Å². The lowest BCUT2D eigenvalue weighted by molar-refractivity contribution is 0.491. The highest BCUT2D eigenvalue weighted by Crippen LogP contribution is 2.09. The second-order valence-electron chi connectivity index (χ2n) is 4.05. The van der Waals surface area contributed by atoms with E-state index in [-0.39, 0.29) is 0 Å². The quantitative estimate of drug-likeness (QED) is 0.424. The molecule has 0 saturated carbocycles. The van der Waals surface area contributed by atoms with E-state index in [0.29, 0.717) is 6.04 Å². The van der Waals surface area contributed by atoms with Gasteiger partial charge in [-0.2, -0.15) is 0 Å². The van der Waals surface area contributed by atoms with Gasteiger partial charge in [0.05, 0.1) is 0 Å². The van der Waals surface area contributed by atoms with Gasteiger partial charge in [-0.15, -0.1) is 6.58 Å². The summed E-state index contributed by atoms with van der Waals surface area (Å²) in [6.07, 6.45) is 3.05. The molecule has 0 radical (unpaired) electrons. The molecule has 0 saturated heterocycles. The van der Waals surface area contributed by atoms with Crippen molar-refractivity contribution in [1.29, 1.82) is 0 Å². The van der Waals surface area contributed by atoms with E-state index >= 15 is 0 Å². The summed E-state index contributed by atoms with van der Waals surface area (Å²) in [5.74, 6) is 5.53. The van der Waals surface area contributed by atoms with Crippen LogP contribution in [0.25, 0.3) is 0 Å². The van der Waals surface area contributed by atoms with Crippen LogP contribution in [0.3, 0.4) is 0 Å². The van der Waals surface area contributed by atoms with Crippen molar-refractivity contribution < 1.29 is 0 Å². The van der Waals surface area contributed by atoms with E-state index in [4.69, 9.17) is 5.84 Å². The molecule has 0 aromatic heterocycles. The minimum absolute atomic E-state index is 0.337. The van der Waals surface area contributed by atoms with Crippen LogP contribution in [0, 0.1) is 0 Å². The molecule has 82 valence electrons. The molecule has 3 N–H and O–H groups in total. The summed E-state index contributed by atoms with van der Waals surface area (Å²) < 4.78 is 0. The fourth-order valence-electron chi connectivity index (χ4n) is 1.56. The van der Waals surface area contributed by atoms with Crippen LogP contribution in [0.2, 0.25) is 0 Å². The molecule has 0 aliphatic rings. The summed E-state index contributed by atoms with van der Waals surface area (Å²) in [7, 11) is 0. The van der Waals surface area contributed by atoms with Gasteiger partial charge < -0.3 is 0 Å². The van der Waals surface area contributed by atoms with Crippen molar-refractivity contribution >= 4 is 0 Å². The molecule has 0 heterocycles. The maximum Gasteiger partial charge on any atom is 0.0253 e. The molecule has 1 aromatic rings. The monoisotopic (exact) mass is 204 g/mol. The van der Waals surface area contributed by atoms with Gasteiger partial charge in [-0.05, 0) is 31.7 Å². The summed E-state index contributed by atoms with van der Waals surface area (Å²) in [4.78, 5) is 0. The third-order valence-electron chi connectivity index (χ3n) is 2.48. The zero-order chi connectivity index (χ0) is 11.1. The number of nitrogens with two attached hydrogens (primary N) is 1. The Hall–Kier alpha value is -1.12. The van der Waals surface area contributed by atoms with E-state index in [2.05, 4.69) is 43.2 Å². The lowest BCUT2D eigenvalue weighted by atomic mass is 10.0. The Bertz CT molecular complexity index is 293. The van der Waals surface area contributed by atoms with Crippen LogP contribution in [0.1, 0.15) is 25.3 Å². The predicted octanol–water partition coefficient (Wildman–Crippen LogP) is 2.42. The molecule has 0 aliphatic carbocycles. The average molecular weight is 204 g/mol. The second-order valence-corrected chi connectivity index (χ2v) is 4.05. The SMILES string of the molecule is C=C(C)CCC(Cc1ccccc1)NN. The van der Waals surface area contributed by atoms with Crippen LogP contribution >= 0.6 is 0 Å².